The summed E-state index contributed by atoms with van der Waals surface area (Å²) in [6.45, 7) is 4.91. The largest absolute Gasteiger partial charge is 0.491 e. The van der Waals surface area contributed by atoms with Crippen LogP contribution in [0.2, 0.25) is 5.02 Å². The third kappa shape index (κ3) is 5.46. The lowest BCUT2D eigenvalue weighted by molar-refractivity contribution is -0.126. The molecule has 6 heteroatoms. The van der Waals surface area contributed by atoms with Crippen LogP contribution in [0.1, 0.15) is 24.0 Å². The Hall–Kier alpha value is -2.11. The number of piperidine rings is 1. The molecule has 1 N–H and O–H groups in total. The lowest BCUT2D eigenvalue weighted by Gasteiger charge is -2.31. The monoisotopic (exact) mass is 404 g/mol. The molecule has 0 aliphatic carbocycles. The van der Waals surface area contributed by atoms with Crippen LogP contribution in [0.4, 0.5) is 4.39 Å². The highest BCUT2D eigenvalue weighted by Gasteiger charge is 2.25. The lowest BCUT2D eigenvalue weighted by Crippen LogP contribution is -2.41. The molecule has 4 nitrogen and oxygen atoms in total. The lowest BCUT2D eigenvalue weighted by atomic mass is 9.95. The maximum Gasteiger partial charge on any atom is 0.223 e. The van der Waals surface area contributed by atoms with Gasteiger partial charge in [0.25, 0.3) is 0 Å². The number of benzene rings is 2. The average molecular weight is 405 g/mol. The zero-order chi connectivity index (χ0) is 19.9. The van der Waals surface area contributed by atoms with Gasteiger partial charge in [-0.3, -0.25) is 9.69 Å². The number of carbonyl (C=O) groups is 1. The molecule has 1 fully saturated rings. The van der Waals surface area contributed by atoms with Crippen molar-refractivity contribution in [3.63, 3.8) is 0 Å². The van der Waals surface area contributed by atoms with Gasteiger partial charge in [0.05, 0.1) is 6.54 Å². The second kappa shape index (κ2) is 9.89. The highest BCUT2D eigenvalue weighted by atomic mass is 35.5. The SMILES string of the molecule is Cc1ccccc1OCCNC(=O)C1CCN(Cc2c(F)cccc2Cl)CC1. The number of rotatable bonds is 7. The van der Waals surface area contributed by atoms with E-state index < -0.39 is 0 Å². The van der Waals surface area contributed by atoms with Crippen LogP contribution in [0.15, 0.2) is 42.5 Å². The number of hydrogen-bond acceptors (Lipinski definition) is 3. The summed E-state index contributed by atoms with van der Waals surface area (Å²) in [5.41, 5.74) is 1.61. The van der Waals surface area contributed by atoms with Crippen molar-refractivity contribution in [1.29, 1.82) is 0 Å². The minimum absolute atomic E-state index is 0.00852. The zero-order valence-electron chi connectivity index (χ0n) is 16.1. The Kier molecular flexibility index (Phi) is 7.29. The highest BCUT2D eigenvalue weighted by Crippen LogP contribution is 2.24. The molecule has 2 aromatic carbocycles. The first-order chi connectivity index (χ1) is 13.5. The quantitative estimate of drug-likeness (QED) is 0.703. The van der Waals surface area contributed by atoms with Gasteiger partial charge in [-0.25, -0.2) is 4.39 Å². The average Bonchev–Trinajstić information content (AvgIpc) is 2.70. The van der Waals surface area contributed by atoms with Gasteiger partial charge in [-0.1, -0.05) is 35.9 Å². The third-order valence-corrected chi connectivity index (χ3v) is 5.51. The fourth-order valence-electron chi connectivity index (χ4n) is 3.46. The number of nitrogens with zero attached hydrogens (tertiary/aromatic N) is 1. The first-order valence-corrected chi connectivity index (χ1v) is 10.0. The Balaban J connectivity index is 1.38. The Morgan fingerprint density at radius 3 is 2.68 bits per heavy atom. The van der Waals surface area contributed by atoms with E-state index in [2.05, 4.69) is 10.2 Å². The maximum absolute atomic E-state index is 13.9. The maximum atomic E-state index is 13.9. The number of likely N-dealkylation sites (tertiary alicyclic amines) is 1. The van der Waals surface area contributed by atoms with Gasteiger partial charge < -0.3 is 10.1 Å². The number of carbonyl (C=O) groups excluding carboxylic acids is 1. The van der Waals surface area contributed by atoms with Crippen molar-refractivity contribution in [2.24, 2.45) is 5.92 Å². The van der Waals surface area contributed by atoms with E-state index in [1.54, 1.807) is 12.1 Å². The van der Waals surface area contributed by atoms with Crippen molar-refractivity contribution in [1.82, 2.24) is 10.2 Å². The molecule has 1 amide bonds. The van der Waals surface area contributed by atoms with E-state index in [-0.39, 0.29) is 17.6 Å². The molecular weight excluding hydrogens is 379 g/mol. The molecule has 0 saturated carbocycles. The second-order valence-electron chi connectivity index (χ2n) is 7.16. The first-order valence-electron chi connectivity index (χ1n) is 9.66. The minimum atomic E-state index is -0.277. The molecule has 150 valence electrons. The molecule has 1 saturated heterocycles. The Morgan fingerprint density at radius 2 is 1.96 bits per heavy atom. The second-order valence-corrected chi connectivity index (χ2v) is 7.56. The van der Waals surface area contributed by atoms with Crippen LogP contribution in [0, 0.1) is 18.7 Å². The predicted molar refractivity (Wildman–Crippen MR) is 109 cm³/mol. The van der Waals surface area contributed by atoms with Gasteiger partial charge in [0.2, 0.25) is 5.91 Å². The Bertz CT molecular complexity index is 787. The predicted octanol–water partition coefficient (Wildman–Crippen LogP) is 4.19. The van der Waals surface area contributed by atoms with Gasteiger partial charge >= 0.3 is 0 Å². The topological polar surface area (TPSA) is 41.6 Å². The van der Waals surface area contributed by atoms with E-state index in [1.807, 2.05) is 31.2 Å². The molecule has 2 aromatic rings. The van der Waals surface area contributed by atoms with E-state index in [0.29, 0.717) is 30.3 Å². The fourth-order valence-corrected chi connectivity index (χ4v) is 3.68. The number of aryl methyl sites for hydroxylation is 1. The summed E-state index contributed by atoms with van der Waals surface area (Å²) in [5.74, 6) is 0.626. The molecule has 1 heterocycles. The van der Waals surface area contributed by atoms with Gasteiger partial charge in [-0.15, -0.1) is 0 Å². The van der Waals surface area contributed by atoms with Crippen molar-refractivity contribution in [2.75, 3.05) is 26.2 Å². The first kappa shape index (κ1) is 20.6. The van der Waals surface area contributed by atoms with Crippen LogP contribution in [0.25, 0.3) is 0 Å². The summed E-state index contributed by atoms with van der Waals surface area (Å²) < 4.78 is 19.7. The summed E-state index contributed by atoms with van der Waals surface area (Å²) >= 11 is 6.11. The Morgan fingerprint density at radius 1 is 1.21 bits per heavy atom. The standard InChI is InChI=1S/C22H26ClFN2O2/c1-16-5-2-3-8-21(16)28-14-11-25-22(27)17-9-12-26(13-10-17)15-18-19(23)6-4-7-20(18)24/h2-8,17H,9-15H2,1H3,(H,25,27). The molecule has 3 rings (SSSR count). The van der Waals surface area contributed by atoms with Crippen molar-refractivity contribution in [3.8, 4) is 5.75 Å². The molecule has 0 spiro atoms. The summed E-state index contributed by atoms with van der Waals surface area (Å²) in [6, 6.07) is 12.6. The molecular formula is C22H26ClFN2O2. The molecule has 28 heavy (non-hydrogen) atoms. The van der Waals surface area contributed by atoms with E-state index >= 15 is 0 Å². The van der Waals surface area contributed by atoms with Crippen molar-refractivity contribution >= 4 is 17.5 Å². The van der Waals surface area contributed by atoms with Crippen LogP contribution in [-0.4, -0.2) is 37.0 Å². The van der Waals surface area contributed by atoms with E-state index in [4.69, 9.17) is 16.3 Å². The van der Waals surface area contributed by atoms with E-state index in [9.17, 15) is 9.18 Å². The van der Waals surface area contributed by atoms with Crippen molar-refractivity contribution < 1.29 is 13.9 Å². The van der Waals surface area contributed by atoms with Crippen LogP contribution >= 0.6 is 11.6 Å². The summed E-state index contributed by atoms with van der Waals surface area (Å²) in [5, 5.41) is 3.41. The highest BCUT2D eigenvalue weighted by molar-refractivity contribution is 6.31. The molecule has 0 aromatic heterocycles. The molecule has 0 radical (unpaired) electrons. The van der Waals surface area contributed by atoms with Gasteiger partial charge in [0.1, 0.15) is 18.2 Å². The molecule has 0 unspecified atom stereocenters. The van der Waals surface area contributed by atoms with Crippen LogP contribution in [-0.2, 0) is 11.3 Å². The van der Waals surface area contributed by atoms with Crippen LogP contribution in [0.5, 0.6) is 5.75 Å². The van der Waals surface area contributed by atoms with Gasteiger partial charge in [-0.2, -0.15) is 0 Å². The normalized spacial score (nSPS) is 15.4. The van der Waals surface area contributed by atoms with E-state index in [1.165, 1.54) is 6.07 Å². The summed E-state index contributed by atoms with van der Waals surface area (Å²) in [4.78, 5) is 14.5. The summed E-state index contributed by atoms with van der Waals surface area (Å²) in [6.07, 6.45) is 1.52. The number of hydrogen-bond donors (Lipinski definition) is 1. The van der Waals surface area contributed by atoms with Gasteiger partial charge in [0.15, 0.2) is 0 Å². The number of para-hydroxylation sites is 1. The molecule has 0 bridgehead atoms. The van der Waals surface area contributed by atoms with Gasteiger partial charge in [-0.05, 0) is 56.6 Å². The number of amides is 1. The van der Waals surface area contributed by atoms with Crippen LogP contribution < -0.4 is 10.1 Å². The third-order valence-electron chi connectivity index (χ3n) is 5.15. The zero-order valence-corrected chi connectivity index (χ0v) is 16.8. The fraction of sp³-hybridized carbons (Fsp3) is 0.409. The number of ether oxygens (including phenoxy) is 1. The Labute approximate surface area is 170 Å². The van der Waals surface area contributed by atoms with E-state index in [0.717, 1.165) is 37.2 Å². The molecule has 0 atom stereocenters. The minimum Gasteiger partial charge on any atom is -0.491 e. The molecule has 1 aliphatic rings. The van der Waals surface area contributed by atoms with Gasteiger partial charge in [0, 0.05) is 23.0 Å². The smallest absolute Gasteiger partial charge is 0.223 e. The van der Waals surface area contributed by atoms with Crippen molar-refractivity contribution in [3.05, 3.63) is 64.4 Å². The molecule has 1 aliphatic heterocycles. The van der Waals surface area contributed by atoms with Crippen LogP contribution in [0.3, 0.4) is 0 Å². The summed E-state index contributed by atoms with van der Waals surface area (Å²) in [7, 11) is 0. The number of halogens is 2. The van der Waals surface area contributed by atoms with Crippen molar-refractivity contribution in [2.45, 2.75) is 26.3 Å². The number of nitrogens with one attached hydrogen (secondary N) is 1.